The van der Waals surface area contributed by atoms with Gasteiger partial charge in [0, 0.05) is 43.5 Å². The van der Waals surface area contributed by atoms with Crippen LogP contribution in [0.25, 0.3) is 0 Å². The fourth-order valence-corrected chi connectivity index (χ4v) is 3.78. The Morgan fingerprint density at radius 2 is 1.81 bits per heavy atom. The number of likely N-dealkylation sites (tertiary alicyclic amines) is 1. The molecule has 1 aromatic rings. The number of amidine groups is 1. The van der Waals surface area contributed by atoms with Crippen molar-refractivity contribution in [2.24, 2.45) is 0 Å². The number of carboxylic acids is 1. The van der Waals surface area contributed by atoms with Gasteiger partial charge in [-0.25, -0.2) is 0 Å². The van der Waals surface area contributed by atoms with E-state index in [-0.39, 0.29) is 18.3 Å². The summed E-state index contributed by atoms with van der Waals surface area (Å²) in [5.74, 6) is -0.850. The molecule has 0 aliphatic carbocycles. The highest BCUT2D eigenvalue weighted by atomic mass is 16.5. The Kier molecular flexibility index (Phi) is 6.04. The van der Waals surface area contributed by atoms with Crippen LogP contribution in [0, 0.1) is 5.41 Å². The van der Waals surface area contributed by atoms with E-state index in [9.17, 15) is 9.59 Å². The van der Waals surface area contributed by atoms with E-state index < -0.39 is 5.97 Å². The second-order valence-electron chi connectivity index (χ2n) is 6.95. The maximum atomic E-state index is 12.6. The predicted octanol–water partition coefficient (Wildman–Crippen LogP) is 0.188. The topological polar surface area (TPSA) is 120 Å². The number of aliphatic carboxylic acids is 1. The number of piperazine rings is 1. The van der Waals surface area contributed by atoms with Crippen LogP contribution in [-0.4, -0.2) is 83.1 Å². The molecule has 0 spiro atoms. The molecule has 0 bridgehead atoms. The van der Waals surface area contributed by atoms with Crippen molar-refractivity contribution in [1.29, 1.82) is 5.41 Å². The minimum Gasteiger partial charge on any atom is -0.480 e. The third kappa shape index (κ3) is 4.62. The molecule has 1 amide bonds. The lowest BCUT2D eigenvalue weighted by Gasteiger charge is -2.42. The second kappa shape index (κ2) is 8.47. The summed E-state index contributed by atoms with van der Waals surface area (Å²) in [6.07, 6.45) is 1.76. The number of piperidine rings is 1. The Bertz CT molecular complexity index is 700. The Hall–Kier alpha value is -2.49. The van der Waals surface area contributed by atoms with Crippen LogP contribution in [0.1, 0.15) is 18.4 Å². The van der Waals surface area contributed by atoms with Gasteiger partial charge in [0.1, 0.15) is 5.84 Å². The zero-order valence-corrected chi connectivity index (χ0v) is 15.1. The van der Waals surface area contributed by atoms with E-state index in [2.05, 4.69) is 4.90 Å². The SMILES string of the molecule is N=C(NO)c1ccc(N2CCN(C3CCN(CC(=O)O)CC3)CC2=O)cc1. The number of hydrogen-bond donors (Lipinski definition) is 4. The molecular weight excluding hydrogens is 350 g/mol. The van der Waals surface area contributed by atoms with E-state index in [1.54, 1.807) is 34.6 Å². The van der Waals surface area contributed by atoms with Crippen LogP contribution in [0.3, 0.4) is 0 Å². The van der Waals surface area contributed by atoms with Gasteiger partial charge in [0.25, 0.3) is 0 Å². The molecule has 27 heavy (non-hydrogen) atoms. The molecule has 0 saturated carbocycles. The summed E-state index contributed by atoms with van der Waals surface area (Å²) in [4.78, 5) is 29.3. The molecule has 146 valence electrons. The largest absolute Gasteiger partial charge is 0.480 e. The van der Waals surface area contributed by atoms with Crippen molar-refractivity contribution in [3.8, 4) is 0 Å². The average molecular weight is 375 g/mol. The minimum atomic E-state index is -0.798. The quantitative estimate of drug-likeness (QED) is 0.329. The van der Waals surface area contributed by atoms with Gasteiger partial charge in [-0.2, -0.15) is 0 Å². The maximum absolute atomic E-state index is 12.6. The van der Waals surface area contributed by atoms with Crippen LogP contribution >= 0.6 is 0 Å². The summed E-state index contributed by atoms with van der Waals surface area (Å²) in [6.45, 7) is 3.32. The smallest absolute Gasteiger partial charge is 0.317 e. The Balaban J connectivity index is 1.54. The van der Waals surface area contributed by atoms with Crippen molar-refractivity contribution in [2.75, 3.05) is 44.2 Å². The van der Waals surface area contributed by atoms with Gasteiger partial charge in [-0.3, -0.25) is 35.5 Å². The Labute approximate surface area is 157 Å². The van der Waals surface area contributed by atoms with Crippen LogP contribution in [0.15, 0.2) is 24.3 Å². The molecule has 9 heteroatoms. The van der Waals surface area contributed by atoms with E-state index in [4.69, 9.17) is 15.7 Å². The summed E-state index contributed by atoms with van der Waals surface area (Å²) in [7, 11) is 0. The molecule has 2 heterocycles. The van der Waals surface area contributed by atoms with Gasteiger partial charge < -0.3 is 10.0 Å². The molecule has 1 aromatic carbocycles. The molecule has 0 aromatic heterocycles. The van der Waals surface area contributed by atoms with Crippen LogP contribution in [0.5, 0.6) is 0 Å². The summed E-state index contributed by atoms with van der Waals surface area (Å²) < 4.78 is 0. The number of carbonyl (C=O) groups excluding carboxylic acids is 1. The Morgan fingerprint density at radius 3 is 2.37 bits per heavy atom. The van der Waals surface area contributed by atoms with E-state index >= 15 is 0 Å². The van der Waals surface area contributed by atoms with Gasteiger partial charge in [0.15, 0.2) is 0 Å². The number of hydrogen-bond acceptors (Lipinski definition) is 6. The highest BCUT2D eigenvalue weighted by molar-refractivity contribution is 5.98. The van der Waals surface area contributed by atoms with Gasteiger partial charge in [-0.1, -0.05) is 0 Å². The summed E-state index contributed by atoms with van der Waals surface area (Å²) >= 11 is 0. The second-order valence-corrected chi connectivity index (χ2v) is 6.95. The maximum Gasteiger partial charge on any atom is 0.317 e. The number of hydroxylamine groups is 1. The van der Waals surface area contributed by atoms with Gasteiger partial charge in [0.05, 0.1) is 13.1 Å². The van der Waals surface area contributed by atoms with Gasteiger partial charge >= 0.3 is 5.97 Å². The van der Waals surface area contributed by atoms with Crippen LogP contribution < -0.4 is 10.4 Å². The number of nitrogens with one attached hydrogen (secondary N) is 2. The molecule has 0 unspecified atom stereocenters. The van der Waals surface area contributed by atoms with Crippen LogP contribution in [-0.2, 0) is 9.59 Å². The summed E-state index contributed by atoms with van der Waals surface area (Å²) in [5.41, 5.74) is 3.13. The number of rotatable bonds is 5. The fourth-order valence-electron chi connectivity index (χ4n) is 3.78. The molecule has 9 nitrogen and oxygen atoms in total. The van der Waals surface area contributed by atoms with Crippen LogP contribution in [0.2, 0.25) is 0 Å². The van der Waals surface area contributed by atoms with Crippen molar-refractivity contribution in [3.63, 3.8) is 0 Å². The molecule has 0 radical (unpaired) electrons. The number of carbonyl (C=O) groups is 2. The normalized spacial score (nSPS) is 19.9. The van der Waals surface area contributed by atoms with Gasteiger partial charge in [-0.15, -0.1) is 0 Å². The first-order valence-electron chi connectivity index (χ1n) is 9.05. The molecular formula is C18H25N5O4. The molecule has 2 fully saturated rings. The summed E-state index contributed by atoms with van der Waals surface area (Å²) in [6, 6.07) is 7.26. The first kappa shape index (κ1) is 19.3. The number of anilines is 1. The zero-order valence-electron chi connectivity index (χ0n) is 15.1. The van der Waals surface area contributed by atoms with Crippen molar-refractivity contribution in [3.05, 3.63) is 29.8 Å². The molecule has 0 atom stereocenters. The lowest BCUT2D eigenvalue weighted by molar-refractivity contribution is -0.138. The van der Waals surface area contributed by atoms with E-state index in [1.807, 2.05) is 4.90 Å². The third-order valence-corrected chi connectivity index (χ3v) is 5.26. The van der Waals surface area contributed by atoms with Crippen molar-refractivity contribution in [1.82, 2.24) is 15.3 Å². The Morgan fingerprint density at radius 1 is 1.15 bits per heavy atom. The first-order valence-corrected chi connectivity index (χ1v) is 9.05. The minimum absolute atomic E-state index is 0.0392. The van der Waals surface area contributed by atoms with Crippen molar-refractivity contribution >= 4 is 23.4 Å². The average Bonchev–Trinajstić information content (AvgIpc) is 2.67. The highest BCUT2D eigenvalue weighted by Gasteiger charge is 2.31. The van der Waals surface area contributed by atoms with Crippen LogP contribution in [0.4, 0.5) is 5.69 Å². The van der Waals surface area contributed by atoms with E-state index in [1.165, 1.54) is 0 Å². The first-order chi connectivity index (χ1) is 13.0. The van der Waals surface area contributed by atoms with Gasteiger partial charge in [0.2, 0.25) is 5.91 Å². The number of amides is 1. The summed E-state index contributed by atoms with van der Waals surface area (Å²) in [5, 5.41) is 25.2. The molecule has 4 N–H and O–H groups in total. The standard InChI is InChI=1S/C18H25N5O4/c19-18(20-27)13-1-3-15(4-2-13)23-10-9-22(11-16(23)24)14-5-7-21(8-6-14)12-17(25)26/h1-4,14,27H,5-12H2,(H2,19,20)(H,25,26). The lowest BCUT2D eigenvalue weighted by atomic mass is 10.0. The van der Waals surface area contributed by atoms with E-state index in [0.29, 0.717) is 24.7 Å². The zero-order chi connectivity index (χ0) is 19.4. The monoisotopic (exact) mass is 375 g/mol. The van der Waals surface area contributed by atoms with Crippen molar-refractivity contribution in [2.45, 2.75) is 18.9 Å². The number of nitrogens with zero attached hydrogens (tertiary/aromatic N) is 3. The van der Waals surface area contributed by atoms with Crippen molar-refractivity contribution < 1.29 is 19.9 Å². The van der Waals surface area contributed by atoms with Gasteiger partial charge in [-0.05, 0) is 37.1 Å². The third-order valence-electron chi connectivity index (χ3n) is 5.26. The molecule has 3 rings (SSSR count). The number of carboxylic acid groups (broad SMARTS) is 1. The number of benzene rings is 1. The molecule has 2 saturated heterocycles. The van der Waals surface area contributed by atoms with E-state index in [0.717, 1.165) is 38.2 Å². The lowest BCUT2D eigenvalue weighted by Crippen LogP contribution is -2.56. The predicted molar refractivity (Wildman–Crippen MR) is 99.2 cm³/mol. The molecule has 2 aliphatic heterocycles. The molecule has 2 aliphatic rings. The highest BCUT2D eigenvalue weighted by Crippen LogP contribution is 2.22. The fraction of sp³-hybridized carbons (Fsp3) is 0.500.